The van der Waals surface area contributed by atoms with Gasteiger partial charge in [0.25, 0.3) is 5.56 Å². The van der Waals surface area contributed by atoms with Crippen molar-refractivity contribution in [3.63, 3.8) is 0 Å². The SMILES string of the molecule is COC(=O)c1ccc(-c2cn(C)c(=O)c3[nH]ccc23)cc1. The number of methoxy groups -OCH3 is 1. The highest BCUT2D eigenvalue weighted by molar-refractivity contribution is 5.95. The molecule has 106 valence electrons. The van der Waals surface area contributed by atoms with E-state index in [0.29, 0.717) is 11.1 Å². The van der Waals surface area contributed by atoms with Crippen LogP contribution in [0.1, 0.15) is 10.4 Å². The fourth-order valence-corrected chi connectivity index (χ4v) is 2.40. The van der Waals surface area contributed by atoms with Crippen LogP contribution in [-0.2, 0) is 11.8 Å². The Balaban J connectivity index is 2.17. The summed E-state index contributed by atoms with van der Waals surface area (Å²) < 4.78 is 6.23. The molecule has 3 aromatic rings. The van der Waals surface area contributed by atoms with Gasteiger partial charge in [0.15, 0.2) is 0 Å². The molecule has 1 aromatic carbocycles. The lowest BCUT2D eigenvalue weighted by atomic mass is 10.0. The number of benzene rings is 1. The minimum absolute atomic E-state index is 0.0649. The zero-order valence-electron chi connectivity index (χ0n) is 11.7. The molecular weight excluding hydrogens is 268 g/mol. The first-order valence-corrected chi connectivity index (χ1v) is 6.47. The van der Waals surface area contributed by atoms with Crippen LogP contribution in [0.25, 0.3) is 22.0 Å². The Kier molecular flexibility index (Phi) is 3.10. The predicted octanol–water partition coefficient (Wildman–Crippen LogP) is 2.32. The smallest absolute Gasteiger partial charge is 0.337 e. The second kappa shape index (κ2) is 4.94. The largest absolute Gasteiger partial charge is 0.465 e. The zero-order chi connectivity index (χ0) is 15.0. The summed E-state index contributed by atoms with van der Waals surface area (Å²) in [7, 11) is 3.07. The number of pyridine rings is 1. The van der Waals surface area contributed by atoms with E-state index >= 15 is 0 Å². The average molecular weight is 282 g/mol. The fraction of sp³-hybridized carbons (Fsp3) is 0.125. The molecule has 5 heteroatoms. The summed E-state index contributed by atoms with van der Waals surface area (Å²) in [6.45, 7) is 0. The summed E-state index contributed by atoms with van der Waals surface area (Å²) in [4.78, 5) is 26.5. The first-order valence-electron chi connectivity index (χ1n) is 6.47. The molecule has 0 spiro atoms. The number of nitrogens with zero attached hydrogens (tertiary/aromatic N) is 1. The molecule has 0 saturated carbocycles. The Labute approximate surface area is 120 Å². The molecule has 21 heavy (non-hydrogen) atoms. The third-order valence-corrected chi connectivity index (χ3v) is 3.51. The van der Waals surface area contributed by atoms with E-state index in [0.717, 1.165) is 16.5 Å². The van der Waals surface area contributed by atoms with E-state index < -0.39 is 0 Å². The highest BCUT2D eigenvalue weighted by Crippen LogP contribution is 2.26. The van der Waals surface area contributed by atoms with E-state index in [2.05, 4.69) is 9.72 Å². The summed E-state index contributed by atoms with van der Waals surface area (Å²) in [5.74, 6) is -0.367. The molecule has 2 heterocycles. The Morgan fingerprint density at radius 3 is 2.57 bits per heavy atom. The molecular formula is C16H14N2O3. The third kappa shape index (κ3) is 2.12. The maximum atomic E-state index is 12.0. The molecule has 0 saturated heterocycles. The highest BCUT2D eigenvalue weighted by Gasteiger charge is 2.11. The van der Waals surface area contributed by atoms with Gasteiger partial charge in [0.05, 0.1) is 12.7 Å². The molecule has 5 nitrogen and oxygen atoms in total. The molecule has 0 fully saturated rings. The molecule has 0 bridgehead atoms. The molecule has 0 unspecified atom stereocenters. The molecule has 0 radical (unpaired) electrons. The van der Waals surface area contributed by atoms with Crippen LogP contribution >= 0.6 is 0 Å². The summed E-state index contributed by atoms with van der Waals surface area (Å²) >= 11 is 0. The number of rotatable bonds is 2. The highest BCUT2D eigenvalue weighted by atomic mass is 16.5. The second-order valence-corrected chi connectivity index (χ2v) is 4.79. The van der Waals surface area contributed by atoms with Crippen molar-refractivity contribution in [3.8, 4) is 11.1 Å². The molecule has 0 aliphatic heterocycles. The van der Waals surface area contributed by atoms with Gasteiger partial charge in [-0.3, -0.25) is 4.79 Å². The van der Waals surface area contributed by atoms with E-state index in [-0.39, 0.29) is 11.5 Å². The number of H-pyrrole nitrogens is 1. The minimum Gasteiger partial charge on any atom is -0.465 e. The lowest BCUT2D eigenvalue weighted by molar-refractivity contribution is 0.0601. The first kappa shape index (κ1) is 13.2. The summed E-state index contributed by atoms with van der Waals surface area (Å²) in [5, 5.41) is 0.865. The normalized spacial score (nSPS) is 10.8. The maximum absolute atomic E-state index is 12.0. The van der Waals surface area contributed by atoms with Crippen molar-refractivity contribution in [1.29, 1.82) is 0 Å². The van der Waals surface area contributed by atoms with Gasteiger partial charge in [-0.1, -0.05) is 12.1 Å². The van der Waals surface area contributed by atoms with Crippen molar-refractivity contribution in [2.75, 3.05) is 7.11 Å². The lowest BCUT2D eigenvalue weighted by Crippen LogP contribution is -2.16. The number of hydrogen-bond donors (Lipinski definition) is 1. The van der Waals surface area contributed by atoms with Crippen LogP contribution in [0.4, 0.5) is 0 Å². The number of ether oxygens (including phenoxy) is 1. The first-order chi connectivity index (χ1) is 10.1. The van der Waals surface area contributed by atoms with Gasteiger partial charge in [0.2, 0.25) is 0 Å². The molecule has 0 amide bonds. The van der Waals surface area contributed by atoms with Crippen LogP contribution in [0.2, 0.25) is 0 Å². The number of carbonyl (C=O) groups excluding carboxylic acids is 1. The monoisotopic (exact) mass is 282 g/mol. The predicted molar refractivity (Wildman–Crippen MR) is 80.3 cm³/mol. The number of nitrogens with one attached hydrogen (secondary N) is 1. The summed E-state index contributed by atoms with van der Waals surface area (Å²) in [6, 6.07) is 8.99. The van der Waals surface area contributed by atoms with E-state index in [1.165, 1.54) is 7.11 Å². The van der Waals surface area contributed by atoms with E-state index in [4.69, 9.17) is 0 Å². The minimum atomic E-state index is -0.367. The lowest BCUT2D eigenvalue weighted by Gasteiger charge is -2.07. The van der Waals surface area contributed by atoms with Crippen LogP contribution in [0.15, 0.2) is 47.5 Å². The molecule has 3 rings (SSSR count). The van der Waals surface area contributed by atoms with Crippen molar-refractivity contribution in [3.05, 3.63) is 58.6 Å². The van der Waals surface area contributed by atoms with Gasteiger partial charge in [-0.25, -0.2) is 4.79 Å². The topological polar surface area (TPSA) is 64.1 Å². The Morgan fingerprint density at radius 1 is 1.19 bits per heavy atom. The number of aromatic amines is 1. The number of esters is 1. The number of fused-ring (bicyclic) bond motifs is 1. The molecule has 0 aliphatic carbocycles. The van der Waals surface area contributed by atoms with E-state index in [1.54, 1.807) is 36.1 Å². The quantitative estimate of drug-likeness (QED) is 0.734. The third-order valence-electron chi connectivity index (χ3n) is 3.51. The van der Waals surface area contributed by atoms with Gasteiger partial charge in [-0.2, -0.15) is 0 Å². The average Bonchev–Trinajstić information content (AvgIpc) is 3.00. The van der Waals surface area contributed by atoms with Gasteiger partial charge in [-0.05, 0) is 23.8 Å². The Morgan fingerprint density at radius 2 is 1.90 bits per heavy atom. The van der Waals surface area contributed by atoms with Gasteiger partial charge >= 0.3 is 5.97 Å². The van der Waals surface area contributed by atoms with Crippen molar-refractivity contribution in [2.45, 2.75) is 0 Å². The molecule has 2 aromatic heterocycles. The standard InChI is InChI=1S/C16H14N2O3/c1-18-9-13(12-7-8-17-14(12)15(18)19)10-3-5-11(6-4-10)16(20)21-2/h3-9,17H,1-2H3. The molecule has 1 N–H and O–H groups in total. The van der Waals surface area contributed by atoms with Crippen molar-refractivity contribution >= 4 is 16.9 Å². The van der Waals surface area contributed by atoms with Gasteiger partial charge in [-0.15, -0.1) is 0 Å². The van der Waals surface area contributed by atoms with Crippen LogP contribution < -0.4 is 5.56 Å². The summed E-state index contributed by atoms with van der Waals surface area (Å²) in [5.41, 5.74) is 2.88. The van der Waals surface area contributed by atoms with Crippen molar-refractivity contribution in [2.24, 2.45) is 7.05 Å². The van der Waals surface area contributed by atoms with E-state index in [1.807, 2.05) is 18.2 Å². The fourth-order valence-electron chi connectivity index (χ4n) is 2.40. The second-order valence-electron chi connectivity index (χ2n) is 4.79. The number of aryl methyl sites for hydroxylation is 1. The van der Waals surface area contributed by atoms with Crippen molar-refractivity contribution in [1.82, 2.24) is 9.55 Å². The van der Waals surface area contributed by atoms with Crippen LogP contribution in [0, 0.1) is 0 Å². The molecule has 0 atom stereocenters. The van der Waals surface area contributed by atoms with Gasteiger partial charge in [0, 0.05) is 30.4 Å². The number of aromatic nitrogens is 2. The van der Waals surface area contributed by atoms with Crippen molar-refractivity contribution < 1.29 is 9.53 Å². The van der Waals surface area contributed by atoms with E-state index in [9.17, 15) is 9.59 Å². The molecule has 0 aliphatic rings. The Hall–Kier alpha value is -2.82. The summed E-state index contributed by atoms with van der Waals surface area (Å²) in [6.07, 6.45) is 3.55. The van der Waals surface area contributed by atoms with Crippen LogP contribution in [0.5, 0.6) is 0 Å². The van der Waals surface area contributed by atoms with Gasteiger partial charge < -0.3 is 14.3 Å². The van der Waals surface area contributed by atoms with Gasteiger partial charge in [0.1, 0.15) is 5.52 Å². The number of carbonyl (C=O) groups is 1. The zero-order valence-corrected chi connectivity index (χ0v) is 11.7. The van der Waals surface area contributed by atoms with Crippen LogP contribution in [0.3, 0.4) is 0 Å². The maximum Gasteiger partial charge on any atom is 0.337 e. The Bertz CT molecular complexity index is 873. The number of hydrogen-bond acceptors (Lipinski definition) is 3. The van der Waals surface area contributed by atoms with Crippen LogP contribution in [-0.4, -0.2) is 22.6 Å².